The molecule has 0 aromatic heterocycles. The molecule has 12 heteroatoms. The summed E-state index contributed by atoms with van der Waals surface area (Å²) in [6.07, 6.45) is 14.4. The highest BCUT2D eigenvalue weighted by Gasteiger charge is 2.22. The predicted molar refractivity (Wildman–Crippen MR) is 265 cm³/mol. The van der Waals surface area contributed by atoms with Crippen LogP contribution in [0.15, 0.2) is 102 Å². The van der Waals surface area contributed by atoms with E-state index in [0.717, 1.165) is 0 Å². The van der Waals surface area contributed by atoms with E-state index >= 15 is 0 Å². The predicted octanol–water partition coefficient (Wildman–Crippen LogP) is 17.8. The zero-order valence-electron chi connectivity index (χ0n) is 29.5. The molecule has 272 valence electrons. The lowest BCUT2D eigenvalue weighted by Crippen LogP contribution is -1.84. The van der Waals surface area contributed by atoms with Gasteiger partial charge in [0.1, 0.15) is 0 Å². The highest BCUT2D eigenvalue weighted by atomic mass is 32.3. The van der Waals surface area contributed by atoms with Gasteiger partial charge in [-0.2, -0.15) is 0 Å². The van der Waals surface area contributed by atoms with E-state index in [1.807, 2.05) is 141 Å². The van der Waals surface area contributed by atoms with E-state index in [1.54, 1.807) is 0 Å². The van der Waals surface area contributed by atoms with E-state index in [9.17, 15) is 0 Å². The zero-order chi connectivity index (χ0) is 35.9. The van der Waals surface area contributed by atoms with Crippen LogP contribution < -0.4 is 0 Å². The van der Waals surface area contributed by atoms with Crippen LogP contribution in [-0.2, 0) is 0 Å². The molecule has 0 nitrogen and oxygen atoms in total. The van der Waals surface area contributed by atoms with Crippen molar-refractivity contribution >= 4 is 165 Å². The Morgan fingerprint density at radius 2 is 0.519 bits per heavy atom. The largest absolute Gasteiger partial charge is 0.118 e. The average Bonchev–Trinajstić information content (AvgIpc) is 3.87. The Hall–Kier alpha value is 0.560. The molecule has 0 saturated carbocycles. The number of thioether (sulfide) groups is 12. The third-order valence-electron chi connectivity index (χ3n) is 7.96. The lowest BCUT2D eigenvalue weighted by atomic mass is 10.1. The van der Waals surface area contributed by atoms with Gasteiger partial charge in [0, 0.05) is 19.6 Å². The van der Waals surface area contributed by atoms with Crippen LogP contribution in [-0.4, -0.2) is 23.0 Å². The lowest BCUT2D eigenvalue weighted by molar-refractivity contribution is 0.910. The summed E-state index contributed by atoms with van der Waals surface area (Å²) in [7, 11) is 0. The van der Waals surface area contributed by atoms with Crippen molar-refractivity contribution in [3.05, 3.63) is 124 Å². The van der Waals surface area contributed by atoms with Gasteiger partial charge in [0.15, 0.2) is 0 Å². The standard InChI is InChI=1S/C40H40S12/c1-25-37-41-17-5-6-18-42-38-26(2)46-35(50-38)23-31-13-15-32(16-14-31)24-36-48-28(4)40(52-36)44-20-8-7-19-43-39-27(3)47-34(51-39)22-30-11-9-29(10-12-30)21-33(45-25)49-37/h9-16,21-24H,5-8,17-20H2,1-4H3. The maximum atomic E-state index is 2.36. The van der Waals surface area contributed by atoms with Crippen molar-refractivity contribution in [2.24, 2.45) is 0 Å². The average molecular weight is 906 g/mol. The second kappa shape index (κ2) is 20.3. The van der Waals surface area contributed by atoms with Crippen molar-refractivity contribution in [1.29, 1.82) is 0 Å². The van der Waals surface area contributed by atoms with Crippen LogP contribution in [0.5, 0.6) is 0 Å². The number of hydrogen-bond donors (Lipinski definition) is 0. The third kappa shape index (κ3) is 11.8. The van der Waals surface area contributed by atoms with E-state index in [1.165, 1.54) is 124 Å². The summed E-state index contributed by atoms with van der Waals surface area (Å²) in [5.41, 5.74) is 5.13. The zero-order valence-corrected chi connectivity index (χ0v) is 39.3. The molecule has 0 atom stereocenters. The summed E-state index contributed by atoms with van der Waals surface area (Å²) in [5.74, 6) is 4.75. The van der Waals surface area contributed by atoms with Crippen LogP contribution in [0.2, 0.25) is 0 Å². The van der Waals surface area contributed by atoms with Gasteiger partial charge in [0.2, 0.25) is 0 Å². The van der Waals surface area contributed by atoms with E-state index < -0.39 is 0 Å². The SMILES string of the molecule is CC1=C2SCCCCSC3=C(C)SC(=Cc4ccc(cc4)C=C4SC(C)=C(SCCCCSC5=C(C)SC(=Cc6ccc(cc6)C=C(S1)S2)S5)S4)S3. The summed E-state index contributed by atoms with van der Waals surface area (Å²) >= 11 is 23.7. The minimum Gasteiger partial charge on any atom is -0.118 e. The molecule has 0 amide bonds. The quantitative estimate of drug-likeness (QED) is 0.247. The minimum absolute atomic E-state index is 1.19. The van der Waals surface area contributed by atoms with Gasteiger partial charge in [-0.05, 0) is 123 Å². The lowest BCUT2D eigenvalue weighted by Gasteiger charge is -2.05. The molecule has 8 heterocycles. The van der Waals surface area contributed by atoms with Gasteiger partial charge in [-0.25, -0.2) is 0 Å². The van der Waals surface area contributed by atoms with Crippen molar-refractivity contribution in [2.45, 2.75) is 53.4 Å². The van der Waals surface area contributed by atoms with Crippen molar-refractivity contribution in [3.63, 3.8) is 0 Å². The first-order chi connectivity index (χ1) is 25.3. The van der Waals surface area contributed by atoms with E-state index in [-0.39, 0.29) is 0 Å². The van der Waals surface area contributed by atoms with Gasteiger partial charge in [-0.15, -0.1) is 47.0 Å². The first-order valence-electron chi connectivity index (χ1n) is 17.2. The van der Waals surface area contributed by atoms with Crippen LogP contribution in [0.3, 0.4) is 0 Å². The Balaban J connectivity index is 0.983. The van der Waals surface area contributed by atoms with Crippen LogP contribution in [0, 0.1) is 0 Å². The molecule has 8 aliphatic rings. The van der Waals surface area contributed by atoms with Crippen molar-refractivity contribution in [1.82, 2.24) is 0 Å². The molecular weight excluding hydrogens is 865 g/mol. The summed E-state index contributed by atoms with van der Waals surface area (Å²) in [6.45, 7) is 9.13. The van der Waals surface area contributed by atoms with Crippen molar-refractivity contribution < 1.29 is 0 Å². The molecule has 52 heavy (non-hydrogen) atoms. The first-order valence-corrected chi connectivity index (χ1v) is 27.7. The molecule has 0 fully saturated rings. The topological polar surface area (TPSA) is 0 Å². The minimum atomic E-state index is 1.19. The summed E-state index contributed by atoms with van der Waals surface area (Å²) in [6, 6.07) is 18.2. The van der Waals surface area contributed by atoms with E-state index in [4.69, 9.17) is 0 Å². The van der Waals surface area contributed by atoms with Crippen LogP contribution in [0.1, 0.15) is 75.6 Å². The Morgan fingerprint density at radius 3 is 0.731 bits per heavy atom. The molecule has 2 aromatic rings. The van der Waals surface area contributed by atoms with Gasteiger partial charge >= 0.3 is 0 Å². The second-order valence-electron chi connectivity index (χ2n) is 12.2. The summed E-state index contributed by atoms with van der Waals surface area (Å²) < 4.78 is 11.5. The summed E-state index contributed by atoms with van der Waals surface area (Å²) in [5, 5.41) is 0. The molecule has 0 N–H and O–H groups in total. The number of hydrogen-bond acceptors (Lipinski definition) is 12. The summed E-state index contributed by atoms with van der Waals surface area (Å²) in [4.78, 5) is 5.80. The highest BCUT2D eigenvalue weighted by Crippen LogP contribution is 2.57. The van der Waals surface area contributed by atoms with Gasteiger partial charge in [-0.3, -0.25) is 0 Å². The van der Waals surface area contributed by atoms with Gasteiger partial charge in [0.25, 0.3) is 0 Å². The molecule has 0 spiro atoms. The Kier molecular flexibility index (Phi) is 15.9. The fraction of sp³-hybridized carbons (Fsp3) is 0.300. The van der Waals surface area contributed by atoms with Crippen LogP contribution in [0.4, 0.5) is 0 Å². The number of benzene rings is 2. The van der Waals surface area contributed by atoms with E-state index in [2.05, 4.69) is 101 Å². The molecule has 0 aliphatic carbocycles. The number of allylic oxidation sites excluding steroid dienone is 4. The Bertz CT molecular complexity index is 1630. The molecule has 12 bridgehead atoms. The second-order valence-corrected chi connectivity index (χ2v) is 27.9. The van der Waals surface area contributed by atoms with Crippen LogP contribution in [0.25, 0.3) is 24.3 Å². The first kappa shape index (κ1) is 40.7. The Morgan fingerprint density at radius 1 is 0.308 bits per heavy atom. The van der Waals surface area contributed by atoms with E-state index in [0.29, 0.717) is 0 Å². The molecule has 10 rings (SSSR count). The smallest absolute Gasteiger partial charge is 0.0551 e. The van der Waals surface area contributed by atoms with Crippen molar-refractivity contribution in [3.8, 4) is 0 Å². The maximum Gasteiger partial charge on any atom is 0.0551 e. The fourth-order valence-corrected chi connectivity index (χ4v) is 21.6. The monoisotopic (exact) mass is 904 g/mol. The highest BCUT2D eigenvalue weighted by molar-refractivity contribution is 8.37. The molecule has 8 aliphatic heterocycles. The van der Waals surface area contributed by atoms with Gasteiger partial charge in [0.05, 0.1) is 33.9 Å². The fourth-order valence-electron chi connectivity index (χ4n) is 5.26. The normalized spacial score (nSPS) is 21.6. The molecular formula is C40H40S12. The van der Waals surface area contributed by atoms with Crippen molar-refractivity contribution in [2.75, 3.05) is 23.0 Å². The molecule has 2 aromatic carbocycles. The molecule has 0 unspecified atom stereocenters. The Labute approximate surface area is 362 Å². The maximum absolute atomic E-state index is 2.36. The van der Waals surface area contributed by atoms with Crippen LogP contribution >= 0.6 is 141 Å². The molecule has 0 radical (unpaired) electrons. The molecule has 0 saturated heterocycles. The number of rotatable bonds is 0. The van der Waals surface area contributed by atoms with Gasteiger partial charge < -0.3 is 0 Å². The van der Waals surface area contributed by atoms with Gasteiger partial charge in [-0.1, -0.05) is 143 Å². The third-order valence-corrected chi connectivity index (χ3v) is 24.2.